The Morgan fingerprint density at radius 2 is 1.88 bits per heavy atom. The molecule has 1 fully saturated rings. The second-order valence-corrected chi connectivity index (χ2v) is 9.00. The first kappa shape index (κ1) is 21.2. The Kier molecular flexibility index (Phi) is 7.10. The standard InChI is InChI=1S/C18H27F3N2O2S/c1-3-4-12-26(24,25)23-10-8-17(9-11-23)22(2)14-15-6-5-7-16(13-15)18(19,20)21/h5-7,13,17H,3-4,8-12,14H2,1-2H3. The smallest absolute Gasteiger partial charge is 0.299 e. The fraction of sp³-hybridized carbons (Fsp3) is 0.667. The van der Waals surface area contributed by atoms with Gasteiger partial charge in [-0.15, -0.1) is 0 Å². The number of hydrogen-bond acceptors (Lipinski definition) is 3. The average molecular weight is 392 g/mol. The number of nitrogens with zero attached hydrogens (tertiary/aromatic N) is 2. The van der Waals surface area contributed by atoms with Crippen LogP contribution in [-0.2, 0) is 22.7 Å². The Bertz CT molecular complexity index is 684. The Morgan fingerprint density at radius 1 is 1.23 bits per heavy atom. The Balaban J connectivity index is 1.92. The maximum atomic E-state index is 12.8. The van der Waals surface area contributed by atoms with E-state index in [-0.39, 0.29) is 11.8 Å². The number of benzene rings is 1. The fourth-order valence-corrected chi connectivity index (χ4v) is 4.96. The third-order valence-electron chi connectivity index (χ3n) is 4.88. The van der Waals surface area contributed by atoms with Crippen LogP contribution < -0.4 is 0 Å². The zero-order valence-corrected chi connectivity index (χ0v) is 16.1. The SMILES string of the molecule is CCCCS(=O)(=O)N1CCC(N(C)Cc2cccc(C(F)(F)F)c2)CC1. The van der Waals surface area contributed by atoms with Crippen molar-refractivity contribution in [3.63, 3.8) is 0 Å². The van der Waals surface area contributed by atoms with E-state index >= 15 is 0 Å². The third kappa shape index (κ3) is 5.69. The molecule has 1 saturated heterocycles. The van der Waals surface area contributed by atoms with Gasteiger partial charge in [-0.1, -0.05) is 31.5 Å². The number of sulfonamides is 1. The molecule has 2 rings (SSSR count). The molecule has 0 saturated carbocycles. The van der Waals surface area contributed by atoms with Crippen molar-refractivity contribution in [3.8, 4) is 0 Å². The molecule has 148 valence electrons. The first-order chi connectivity index (χ1) is 12.1. The number of unbranched alkanes of at least 4 members (excludes halogenated alkanes) is 1. The molecule has 4 nitrogen and oxygen atoms in total. The van der Waals surface area contributed by atoms with E-state index in [2.05, 4.69) is 0 Å². The van der Waals surface area contributed by atoms with Gasteiger partial charge in [-0.3, -0.25) is 4.90 Å². The van der Waals surface area contributed by atoms with Crippen molar-refractivity contribution in [2.24, 2.45) is 0 Å². The summed E-state index contributed by atoms with van der Waals surface area (Å²) in [6.07, 6.45) is -1.44. The predicted molar refractivity (Wildman–Crippen MR) is 96.2 cm³/mol. The van der Waals surface area contributed by atoms with Gasteiger partial charge in [0.1, 0.15) is 0 Å². The summed E-state index contributed by atoms with van der Waals surface area (Å²) in [5.74, 6) is 0.189. The van der Waals surface area contributed by atoms with Crippen molar-refractivity contribution >= 4 is 10.0 Å². The summed E-state index contributed by atoms with van der Waals surface area (Å²) in [6.45, 7) is 3.33. The number of hydrogen-bond donors (Lipinski definition) is 0. The van der Waals surface area contributed by atoms with Gasteiger partial charge in [0.15, 0.2) is 0 Å². The summed E-state index contributed by atoms with van der Waals surface area (Å²) in [5.41, 5.74) is -0.0273. The lowest BCUT2D eigenvalue weighted by molar-refractivity contribution is -0.137. The van der Waals surface area contributed by atoms with Gasteiger partial charge >= 0.3 is 6.18 Å². The molecule has 1 aromatic carbocycles. The molecule has 0 atom stereocenters. The molecule has 0 unspecified atom stereocenters. The summed E-state index contributed by atoms with van der Waals surface area (Å²) in [4.78, 5) is 2.02. The third-order valence-corrected chi connectivity index (χ3v) is 6.84. The van der Waals surface area contributed by atoms with Crippen LogP contribution >= 0.6 is 0 Å². The first-order valence-corrected chi connectivity index (χ1v) is 10.6. The van der Waals surface area contributed by atoms with Crippen molar-refractivity contribution in [2.75, 3.05) is 25.9 Å². The minimum Gasteiger partial charge on any atom is -0.299 e. The van der Waals surface area contributed by atoms with Crippen LogP contribution in [0.3, 0.4) is 0 Å². The lowest BCUT2D eigenvalue weighted by atomic mass is 10.0. The van der Waals surface area contributed by atoms with Crippen molar-refractivity contribution in [1.82, 2.24) is 9.21 Å². The fourth-order valence-electron chi connectivity index (χ4n) is 3.28. The lowest BCUT2D eigenvalue weighted by Crippen LogP contribution is -2.45. The number of rotatable bonds is 7. The number of halogens is 3. The first-order valence-electron chi connectivity index (χ1n) is 8.97. The van der Waals surface area contributed by atoms with E-state index in [9.17, 15) is 21.6 Å². The van der Waals surface area contributed by atoms with Crippen molar-refractivity contribution in [1.29, 1.82) is 0 Å². The van der Waals surface area contributed by atoms with Crippen LogP contribution in [0.25, 0.3) is 0 Å². The highest BCUT2D eigenvalue weighted by Gasteiger charge is 2.31. The van der Waals surface area contributed by atoms with E-state index in [1.165, 1.54) is 12.1 Å². The van der Waals surface area contributed by atoms with Crippen LogP contribution in [0.4, 0.5) is 13.2 Å². The molecule has 0 N–H and O–H groups in total. The zero-order chi connectivity index (χ0) is 19.4. The Morgan fingerprint density at radius 3 is 2.46 bits per heavy atom. The maximum absolute atomic E-state index is 12.8. The van der Waals surface area contributed by atoms with Crippen LogP contribution in [0.15, 0.2) is 24.3 Å². The molecule has 0 aliphatic carbocycles. The van der Waals surface area contributed by atoms with E-state index in [1.54, 1.807) is 10.4 Å². The molecular formula is C18H27F3N2O2S. The molecule has 1 heterocycles. The topological polar surface area (TPSA) is 40.6 Å². The molecular weight excluding hydrogens is 365 g/mol. The van der Waals surface area contributed by atoms with Gasteiger partial charge in [-0.05, 0) is 37.9 Å². The molecule has 1 aliphatic rings. The Hall–Kier alpha value is -1.12. The van der Waals surface area contributed by atoms with Gasteiger partial charge < -0.3 is 0 Å². The van der Waals surface area contributed by atoms with Crippen molar-refractivity contribution in [2.45, 2.75) is 51.4 Å². The molecule has 1 aromatic rings. The molecule has 0 bridgehead atoms. The van der Waals surface area contributed by atoms with E-state index in [0.29, 0.717) is 44.5 Å². The molecule has 0 aromatic heterocycles. The maximum Gasteiger partial charge on any atom is 0.416 e. The minimum atomic E-state index is -4.34. The van der Waals surface area contributed by atoms with Crippen LogP contribution in [0.2, 0.25) is 0 Å². The normalized spacial score (nSPS) is 17.8. The van der Waals surface area contributed by atoms with Gasteiger partial charge in [0.05, 0.1) is 11.3 Å². The van der Waals surface area contributed by atoms with E-state index in [4.69, 9.17) is 0 Å². The summed E-state index contributed by atoms with van der Waals surface area (Å²) in [6, 6.07) is 5.54. The lowest BCUT2D eigenvalue weighted by Gasteiger charge is -2.36. The monoisotopic (exact) mass is 392 g/mol. The van der Waals surface area contributed by atoms with Gasteiger partial charge in [0, 0.05) is 25.7 Å². The zero-order valence-electron chi connectivity index (χ0n) is 15.3. The summed E-state index contributed by atoms with van der Waals surface area (Å²) >= 11 is 0. The highest BCUT2D eigenvalue weighted by Crippen LogP contribution is 2.30. The van der Waals surface area contributed by atoms with Gasteiger partial charge in [-0.25, -0.2) is 12.7 Å². The van der Waals surface area contributed by atoms with Crippen LogP contribution in [0.5, 0.6) is 0 Å². The molecule has 8 heteroatoms. The molecule has 0 radical (unpaired) electrons. The summed E-state index contributed by atoms with van der Waals surface area (Å²) in [7, 11) is -1.30. The molecule has 1 aliphatic heterocycles. The summed E-state index contributed by atoms with van der Waals surface area (Å²) < 4.78 is 64.5. The second kappa shape index (κ2) is 8.71. The van der Waals surface area contributed by atoms with Gasteiger partial charge in [-0.2, -0.15) is 13.2 Å². The highest BCUT2D eigenvalue weighted by molar-refractivity contribution is 7.89. The predicted octanol–water partition coefficient (Wildman–Crippen LogP) is 3.73. The van der Waals surface area contributed by atoms with Crippen LogP contribution in [0, 0.1) is 0 Å². The largest absolute Gasteiger partial charge is 0.416 e. The van der Waals surface area contributed by atoms with E-state index < -0.39 is 21.8 Å². The molecule has 0 spiro atoms. The van der Waals surface area contributed by atoms with Crippen molar-refractivity contribution < 1.29 is 21.6 Å². The highest BCUT2D eigenvalue weighted by atomic mass is 32.2. The average Bonchev–Trinajstić information content (AvgIpc) is 2.59. The molecule has 0 amide bonds. The summed E-state index contributed by atoms with van der Waals surface area (Å²) in [5, 5.41) is 0. The second-order valence-electron chi connectivity index (χ2n) is 6.91. The van der Waals surface area contributed by atoms with E-state index in [1.807, 2.05) is 18.9 Å². The van der Waals surface area contributed by atoms with E-state index in [0.717, 1.165) is 12.5 Å². The number of piperidine rings is 1. The van der Waals surface area contributed by atoms with Gasteiger partial charge in [0.2, 0.25) is 10.0 Å². The van der Waals surface area contributed by atoms with Crippen molar-refractivity contribution in [3.05, 3.63) is 35.4 Å². The van der Waals surface area contributed by atoms with Crippen LogP contribution in [0.1, 0.15) is 43.7 Å². The van der Waals surface area contributed by atoms with Crippen LogP contribution in [-0.4, -0.2) is 49.6 Å². The quantitative estimate of drug-likeness (QED) is 0.710. The van der Waals surface area contributed by atoms with Gasteiger partial charge in [0.25, 0.3) is 0 Å². The molecule has 26 heavy (non-hydrogen) atoms. The minimum absolute atomic E-state index is 0.169. The Labute approximate surface area is 154 Å². The number of alkyl halides is 3.